The van der Waals surface area contributed by atoms with Gasteiger partial charge < -0.3 is 25.6 Å². The van der Waals surface area contributed by atoms with E-state index in [1.165, 1.54) is 6.08 Å². The lowest BCUT2D eigenvalue weighted by atomic mass is 9.80. The van der Waals surface area contributed by atoms with Crippen molar-refractivity contribution >= 4 is 58.6 Å². The van der Waals surface area contributed by atoms with Crippen molar-refractivity contribution in [3.63, 3.8) is 0 Å². The number of anilines is 1. The van der Waals surface area contributed by atoms with E-state index in [1.54, 1.807) is 30.5 Å². The minimum absolute atomic E-state index is 0.0881. The third kappa shape index (κ3) is 7.99. The fourth-order valence-electron chi connectivity index (χ4n) is 10.2. The molecular weight excluding hydrogens is 804 g/mol. The standard InChI is InChI=1S/C46H50Cl2FN7O4/c1-55-38-12-18-56(19-17-45-13-15-46(26-45,16-14-45)44(59)60)25-37(38)53-42(55)43(58)54-35-7-3-6-32(41(35)48)31-5-2-4-28(40(31)47)20-34(49)36-21-33(27-8-9-27)29(23-51-36)22-50-24-30-10-11-39(57)52-30/h2-7,20-21,23,27,30,50H,8-19,22,24-26H2,1H3,(H,52,57)(H,54,58)(H,59,60)/b34-20-/t30-,45?,46?/m0/s1. The van der Waals surface area contributed by atoms with Gasteiger partial charge in [0.2, 0.25) is 5.91 Å². The smallest absolute Gasteiger partial charge is 0.309 e. The quantitative estimate of drug-likeness (QED) is 0.0990. The molecule has 4 N–H and O–H groups in total. The highest BCUT2D eigenvalue weighted by Crippen LogP contribution is 2.63. The van der Waals surface area contributed by atoms with Crippen LogP contribution in [0.4, 0.5) is 10.1 Å². The predicted molar refractivity (Wildman–Crippen MR) is 230 cm³/mol. The Bertz CT molecular complexity index is 2400. The summed E-state index contributed by atoms with van der Waals surface area (Å²) in [6.07, 6.45) is 12.7. The minimum atomic E-state index is -0.632. The van der Waals surface area contributed by atoms with E-state index in [2.05, 4.69) is 25.8 Å². The lowest BCUT2D eigenvalue weighted by Crippen LogP contribution is -2.35. The van der Waals surface area contributed by atoms with Crippen LogP contribution in [-0.4, -0.2) is 68.0 Å². The van der Waals surface area contributed by atoms with Crippen LogP contribution in [0.2, 0.25) is 10.0 Å². The Kier molecular flexibility index (Phi) is 11.1. The second-order valence-electron chi connectivity index (χ2n) is 17.7. The number of imidazole rings is 1. The van der Waals surface area contributed by atoms with Crippen molar-refractivity contribution < 1.29 is 23.9 Å². The molecule has 11 nitrogen and oxygen atoms in total. The summed E-state index contributed by atoms with van der Waals surface area (Å²) in [5.41, 5.74) is 5.90. The number of amides is 2. The first kappa shape index (κ1) is 40.8. The molecule has 2 bridgehead atoms. The van der Waals surface area contributed by atoms with Crippen molar-refractivity contribution in [3.8, 4) is 11.1 Å². The summed E-state index contributed by atoms with van der Waals surface area (Å²) < 4.78 is 17.8. The monoisotopic (exact) mass is 853 g/mol. The molecular formula is C46H50Cl2FN7O4. The fourth-order valence-corrected chi connectivity index (χ4v) is 10.7. The van der Waals surface area contributed by atoms with Gasteiger partial charge in [0.1, 0.15) is 5.83 Å². The van der Waals surface area contributed by atoms with E-state index in [9.17, 15) is 19.5 Å². The number of carboxylic acids is 1. The number of fused-ring (bicyclic) bond motifs is 3. The number of carbonyl (C=O) groups is 3. The summed E-state index contributed by atoms with van der Waals surface area (Å²) in [6.45, 7) is 3.64. The van der Waals surface area contributed by atoms with Crippen LogP contribution in [0.5, 0.6) is 0 Å². The number of benzene rings is 2. The number of hydrogen-bond donors (Lipinski definition) is 4. The van der Waals surface area contributed by atoms with Gasteiger partial charge in [-0.15, -0.1) is 0 Å². The van der Waals surface area contributed by atoms with Crippen LogP contribution in [0.3, 0.4) is 0 Å². The number of aromatic nitrogens is 3. The SMILES string of the molecule is Cn1c(C(=O)Nc2cccc(-c3cccc(/C=C(\F)c4cc(C5CC5)c(CNC[C@@H]5CCC(=O)N5)cn4)c3Cl)c2Cl)nc2c1CCN(CCC13CCC(C(=O)O)(CC1)C3)C2. The highest BCUT2D eigenvalue weighted by molar-refractivity contribution is 6.39. The summed E-state index contributed by atoms with van der Waals surface area (Å²) in [5.74, 6) is -0.766. The van der Waals surface area contributed by atoms with Gasteiger partial charge in [0.05, 0.1) is 32.5 Å². The van der Waals surface area contributed by atoms with Gasteiger partial charge in [-0.05, 0) is 111 Å². The van der Waals surface area contributed by atoms with Crippen molar-refractivity contribution in [2.75, 3.05) is 25.0 Å². The van der Waals surface area contributed by atoms with E-state index in [0.717, 1.165) is 99.8 Å². The maximum absolute atomic E-state index is 16.0. The molecule has 2 amide bonds. The zero-order valence-corrected chi connectivity index (χ0v) is 35.3. The molecule has 1 saturated heterocycles. The lowest BCUT2D eigenvalue weighted by molar-refractivity contribution is -0.148. The number of pyridine rings is 1. The number of halogens is 3. The van der Waals surface area contributed by atoms with Crippen LogP contribution in [0.15, 0.2) is 48.7 Å². The third-order valence-corrected chi connectivity index (χ3v) is 14.7. The summed E-state index contributed by atoms with van der Waals surface area (Å²) in [5, 5.41) is 19.8. The molecule has 3 aliphatic carbocycles. The molecule has 14 heteroatoms. The lowest BCUT2D eigenvalue weighted by Gasteiger charge is -2.32. The van der Waals surface area contributed by atoms with Crippen LogP contribution in [0, 0.1) is 10.8 Å². The molecule has 4 aromatic rings. The van der Waals surface area contributed by atoms with Crippen LogP contribution < -0.4 is 16.0 Å². The van der Waals surface area contributed by atoms with E-state index in [-0.39, 0.29) is 29.0 Å². The molecule has 4 heterocycles. The largest absolute Gasteiger partial charge is 0.481 e. The second kappa shape index (κ2) is 16.3. The van der Waals surface area contributed by atoms with Crippen molar-refractivity contribution in [3.05, 3.63) is 98.3 Å². The number of carboxylic acid groups (broad SMARTS) is 1. The Morgan fingerprint density at radius 2 is 1.82 bits per heavy atom. The summed E-state index contributed by atoms with van der Waals surface area (Å²) >= 11 is 14.0. The Morgan fingerprint density at radius 1 is 1.05 bits per heavy atom. The van der Waals surface area contributed by atoms with Crippen molar-refractivity contribution in [2.45, 2.75) is 95.7 Å². The Morgan fingerprint density at radius 3 is 2.53 bits per heavy atom. The molecule has 0 radical (unpaired) electrons. The van der Waals surface area contributed by atoms with Crippen LogP contribution in [-0.2, 0) is 36.1 Å². The molecule has 2 aliphatic heterocycles. The number of rotatable bonds is 14. The van der Waals surface area contributed by atoms with E-state index in [1.807, 2.05) is 29.8 Å². The first-order valence-corrected chi connectivity index (χ1v) is 21.9. The highest BCUT2D eigenvalue weighted by Gasteiger charge is 2.57. The van der Waals surface area contributed by atoms with Gasteiger partial charge in [0.25, 0.3) is 5.91 Å². The van der Waals surface area contributed by atoms with E-state index >= 15 is 4.39 Å². The summed E-state index contributed by atoms with van der Waals surface area (Å²) in [6, 6.07) is 12.6. The Balaban J connectivity index is 0.867. The molecule has 1 atom stereocenters. The molecule has 60 heavy (non-hydrogen) atoms. The summed E-state index contributed by atoms with van der Waals surface area (Å²) in [7, 11) is 1.86. The average Bonchev–Trinajstić information content (AvgIpc) is 3.55. The Hall–Kier alpha value is -4.62. The fraction of sp³-hybridized carbons (Fsp3) is 0.457. The van der Waals surface area contributed by atoms with Crippen molar-refractivity contribution in [1.82, 2.24) is 30.1 Å². The second-order valence-corrected chi connectivity index (χ2v) is 18.5. The van der Waals surface area contributed by atoms with E-state index < -0.39 is 17.2 Å². The van der Waals surface area contributed by atoms with Gasteiger partial charge in [0.15, 0.2) is 5.82 Å². The highest BCUT2D eigenvalue weighted by atomic mass is 35.5. The molecule has 4 fully saturated rings. The molecule has 0 unspecified atom stereocenters. The van der Waals surface area contributed by atoms with Crippen molar-refractivity contribution in [1.29, 1.82) is 0 Å². The molecule has 2 aromatic carbocycles. The van der Waals surface area contributed by atoms with Crippen LogP contribution in [0.25, 0.3) is 23.0 Å². The van der Waals surface area contributed by atoms with Gasteiger partial charge in [-0.3, -0.25) is 24.3 Å². The molecule has 5 aliphatic rings. The van der Waals surface area contributed by atoms with Crippen LogP contribution >= 0.6 is 23.2 Å². The third-order valence-electron chi connectivity index (χ3n) is 13.9. The maximum Gasteiger partial charge on any atom is 0.309 e. The normalized spacial score (nSPS) is 23.8. The topological polar surface area (TPSA) is 141 Å². The maximum atomic E-state index is 16.0. The van der Waals surface area contributed by atoms with E-state index in [0.29, 0.717) is 70.2 Å². The van der Waals surface area contributed by atoms with Gasteiger partial charge in [0, 0.05) is 75.1 Å². The first-order valence-electron chi connectivity index (χ1n) is 21.2. The molecule has 0 spiro atoms. The zero-order valence-electron chi connectivity index (χ0n) is 33.8. The Labute approximate surface area is 359 Å². The van der Waals surface area contributed by atoms with Gasteiger partial charge in [-0.1, -0.05) is 53.5 Å². The van der Waals surface area contributed by atoms with Gasteiger partial charge in [-0.2, -0.15) is 0 Å². The van der Waals surface area contributed by atoms with Gasteiger partial charge >= 0.3 is 5.97 Å². The van der Waals surface area contributed by atoms with E-state index in [4.69, 9.17) is 28.2 Å². The molecule has 314 valence electrons. The predicted octanol–water partition coefficient (Wildman–Crippen LogP) is 8.54. The number of nitrogens with one attached hydrogen (secondary N) is 3. The average molecular weight is 855 g/mol. The minimum Gasteiger partial charge on any atom is -0.481 e. The zero-order chi connectivity index (χ0) is 41.8. The van der Waals surface area contributed by atoms with Gasteiger partial charge in [-0.25, -0.2) is 9.37 Å². The number of carbonyl (C=O) groups excluding carboxylic acids is 2. The molecule has 3 saturated carbocycles. The molecule has 2 aromatic heterocycles. The number of aliphatic carboxylic acids is 1. The molecule has 9 rings (SSSR count). The first-order chi connectivity index (χ1) is 28.9. The summed E-state index contributed by atoms with van der Waals surface area (Å²) in [4.78, 5) is 49.0. The van der Waals surface area contributed by atoms with Crippen molar-refractivity contribution in [2.24, 2.45) is 17.9 Å². The number of nitrogens with zero attached hydrogens (tertiary/aromatic N) is 4. The van der Waals surface area contributed by atoms with Crippen LogP contribution in [0.1, 0.15) is 115 Å². The number of hydrogen-bond acceptors (Lipinski definition) is 7.